The Morgan fingerprint density at radius 3 is 1.55 bits per heavy atom. The van der Waals surface area contributed by atoms with Crippen molar-refractivity contribution in [2.75, 3.05) is 15.1 Å². The molecule has 250 valence electrons. The van der Waals surface area contributed by atoms with E-state index in [1.807, 2.05) is 0 Å². The number of aliphatic hydroxyl groups is 2. The molecule has 10 heteroatoms. The lowest BCUT2D eigenvalue weighted by atomic mass is 10.0. The summed E-state index contributed by atoms with van der Waals surface area (Å²) in [7, 11) is 0. The Bertz CT molecular complexity index is 2270. The normalized spacial score (nSPS) is 13.5. The second-order valence-corrected chi connectivity index (χ2v) is 12.9. The van der Waals surface area contributed by atoms with Crippen molar-refractivity contribution in [3.63, 3.8) is 0 Å². The van der Waals surface area contributed by atoms with Gasteiger partial charge in [0, 0.05) is 27.9 Å². The molecule has 10 nitrogen and oxygen atoms in total. The molecular formula is C41H29N3O7. The Morgan fingerprint density at radius 2 is 1.10 bits per heavy atom. The van der Waals surface area contributed by atoms with E-state index in [9.17, 15) is 34.2 Å². The molecule has 2 aliphatic rings. The summed E-state index contributed by atoms with van der Waals surface area (Å²) in [6.07, 6.45) is 5.52. The first kappa shape index (κ1) is 34.1. The van der Waals surface area contributed by atoms with E-state index >= 15 is 0 Å². The van der Waals surface area contributed by atoms with Gasteiger partial charge in [0.05, 0.1) is 33.6 Å². The average molecular weight is 676 g/mol. The third kappa shape index (κ3) is 6.90. The Balaban J connectivity index is 1.43. The summed E-state index contributed by atoms with van der Waals surface area (Å²) < 4.78 is 0. The minimum atomic E-state index is -1.29. The molecule has 4 aromatic carbocycles. The Labute approximate surface area is 293 Å². The summed E-state index contributed by atoms with van der Waals surface area (Å²) in [5.41, 5.74) is -0.892. The van der Waals surface area contributed by atoms with E-state index in [1.165, 1.54) is 70.2 Å². The molecule has 51 heavy (non-hydrogen) atoms. The van der Waals surface area contributed by atoms with Crippen LogP contribution in [-0.2, 0) is 0 Å². The number of hydrogen-bond acceptors (Lipinski definition) is 7. The van der Waals surface area contributed by atoms with Gasteiger partial charge in [-0.25, -0.2) is 9.80 Å². The average Bonchev–Trinajstić information content (AvgIpc) is 3.48. The fourth-order valence-corrected chi connectivity index (χ4v) is 5.43. The van der Waals surface area contributed by atoms with Crippen LogP contribution in [0, 0.1) is 36.0 Å². The third-order valence-corrected chi connectivity index (χ3v) is 7.77. The molecule has 4 aromatic rings. The predicted octanol–water partition coefficient (Wildman–Crippen LogP) is 4.77. The summed E-state index contributed by atoms with van der Waals surface area (Å²) in [5.74, 6) is 9.92. The van der Waals surface area contributed by atoms with E-state index in [1.54, 1.807) is 36.4 Å². The molecule has 2 heterocycles. The van der Waals surface area contributed by atoms with E-state index in [4.69, 9.17) is 6.42 Å². The van der Waals surface area contributed by atoms with Crippen molar-refractivity contribution in [1.82, 2.24) is 0 Å². The van der Waals surface area contributed by atoms with Crippen molar-refractivity contribution in [3.8, 4) is 36.0 Å². The molecular weight excluding hydrogens is 646 g/mol. The summed E-state index contributed by atoms with van der Waals surface area (Å²) >= 11 is 0. The fourth-order valence-electron chi connectivity index (χ4n) is 5.43. The number of amides is 5. The lowest BCUT2D eigenvalue weighted by molar-refractivity contribution is 0.0912. The molecule has 5 amide bonds. The summed E-state index contributed by atoms with van der Waals surface area (Å²) in [6, 6.07) is 19.3. The van der Waals surface area contributed by atoms with Crippen LogP contribution in [0.5, 0.6) is 0 Å². The smallest absolute Gasteiger partial charge is 0.266 e. The molecule has 0 spiro atoms. The van der Waals surface area contributed by atoms with Crippen molar-refractivity contribution in [1.29, 1.82) is 0 Å². The number of carbonyl (C=O) groups excluding carboxylic acids is 5. The van der Waals surface area contributed by atoms with Crippen LogP contribution in [-0.4, -0.2) is 51.0 Å². The number of hydrogen-bond donors (Lipinski definition) is 3. The standard InChI is InChI=1S/C41H29N3O7/c1-6-24-8-7-9-28(18-24)42-35(45)27-21-29(43-36(46)31-12-10-25(14-16-40(2,3)50)19-33(31)38(43)48)23-30(22-27)44-37(47)32-13-11-26(15-17-41(4,5)51)20-34(32)39(44)49/h1,7-13,18-23,50-51H,2-5H3,(H,42,45). The highest BCUT2D eigenvalue weighted by Crippen LogP contribution is 2.36. The molecule has 0 atom stereocenters. The molecule has 0 saturated carbocycles. The van der Waals surface area contributed by atoms with Crippen LogP contribution in [0.1, 0.15) is 96.2 Å². The highest BCUT2D eigenvalue weighted by atomic mass is 16.3. The Hall–Kier alpha value is -6.77. The van der Waals surface area contributed by atoms with Gasteiger partial charge in [0.25, 0.3) is 29.5 Å². The molecule has 3 N–H and O–H groups in total. The molecule has 0 aliphatic carbocycles. The van der Waals surface area contributed by atoms with E-state index in [0.29, 0.717) is 22.4 Å². The predicted molar refractivity (Wildman–Crippen MR) is 190 cm³/mol. The monoisotopic (exact) mass is 675 g/mol. The van der Waals surface area contributed by atoms with Crippen LogP contribution >= 0.6 is 0 Å². The summed E-state index contributed by atoms with van der Waals surface area (Å²) in [4.78, 5) is 70.5. The SMILES string of the molecule is C#Cc1cccc(NC(=O)c2cc(N3C(=O)c4ccc(C#CC(C)(C)O)cc4C3=O)cc(N3C(=O)c4ccc(C#CC(C)(C)O)cc4C3=O)c2)c1. The quantitative estimate of drug-likeness (QED) is 0.209. The van der Waals surface area contributed by atoms with Gasteiger partial charge in [-0.2, -0.15) is 0 Å². The highest BCUT2D eigenvalue weighted by molar-refractivity contribution is 6.36. The second kappa shape index (κ2) is 12.6. The maximum Gasteiger partial charge on any atom is 0.266 e. The van der Waals surface area contributed by atoms with Crippen LogP contribution < -0.4 is 15.1 Å². The molecule has 0 bridgehead atoms. The Kier molecular flexibility index (Phi) is 8.42. The largest absolute Gasteiger partial charge is 0.378 e. The first-order valence-corrected chi connectivity index (χ1v) is 15.6. The molecule has 0 aromatic heterocycles. The molecule has 0 fully saturated rings. The number of imide groups is 2. The van der Waals surface area contributed by atoms with Gasteiger partial charge in [0.2, 0.25) is 0 Å². The number of rotatable bonds is 4. The number of carbonyl (C=O) groups is 5. The molecule has 0 unspecified atom stereocenters. The Morgan fingerprint density at radius 1 is 0.627 bits per heavy atom. The number of terminal acetylenes is 1. The van der Waals surface area contributed by atoms with E-state index in [2.05, 4.69) is 34.9 Å². The van der Waals surface area contributed by atoms with Gasteiger partial charge >= 0.3 is 0 Å². The van der Waals surface area contributed by atoms with Gasteiger partial charge in [-0.05, 0) is 100 Å². The van der Waals surface area contributed by atoms with Gasteiger partial charge in [-0.1, -0.05) is 35.7 Å². The number of anilines is 3. The van der Waals surface area contributed by atoms with Crippen molar-refractivity contribution in [3.05, 3.63) is 123 Å². The lowest BCUT2D eigenvalue weighted by Crippen LogP contribution is -2.32. The second-order valence-electron chi connectivity index (χ2n) is 12.9. The number of benzene rings is 4. The van der Waals surface area contributed by atoms with Gasteiger partial charge in [0.1, 0.15) is 11.2 Å². The first-order valence-electron chi connectivity index (χ1n) is 15.6. The molecule has 0 saturated heterocycles. The summed E-state index contributed by atoms with van der Waals surface area (Å²) in [5, 5.41) is 22.8. The minimum absolute atomic E-state index is 0.0467. The van der Waals surface area contributed by atoms with Gasteiger partial charge in [0.15, 0.2) is 0 Å². The van der Waals surface area contributed by atoms with Crippen LogP contribution in [0.25, 0.3) is 0 Å². The van der Waals surface area contributed by atoms with Crippen molar-refractivity contribution >= 4 is 46.6 Å². The van der Waals surface area contributed by atoms with Crippen LogP contribution in [0.3, 0.4) is 0 Å². The van der Waals surface area contributed by atoms with Gasteiger partial charge in [-0.15, -0.1) is 6.42 Å². The van der Waals surface area contributed by atoms with Gasteiger partial charge < -0.3 is 15.5 Å². The van der Waals surface area contributed by atoms with Crippen molar-refractivity contribution < 1.29 is 34.2 Å². The third-order valence-electron chi connectivity index (χ3n) is 7.77. The van der Waals surface area contributed by atoms with Crippen LogP contribution in [0.4, 0.5) is 17.1 Å². The molecule has 0 radical (unpaired) electrons. The van der Waals surface area contributed by atoms with Crippen LogP contribution in [0.2, 0.25) is 0 Å². The fraction of sp³-hybridized carbons (Fsp3) is 0.146. The van der Waals surface area contributed by atoms with Crippen molar-refractivity contribution in [2.24, 2.45) is 0 Å². The maximum absolute atomic E-state index is 13.8. The molecule has 6 rings (SSSR count). The summed E-state index contributed by atoms with van der Waals surface area (Å²) in [6.45, 7) is 6.04. The molecule has 2 aliphatic heterocycles. The lowest BCUT2D eigenvalue weighted by Gasteiger charge is -2.20. The first-order chi connectivity index (χ1) is 24.0. The highest BCUT2D eigenvalue weighted by Gasteiger charge is 2.40. The zero-order valence-electron chi connectivity index (χ0n) is 27.9. The van der Waals surface area contributed by atoms with Crippen LogP contribution in [0.15, 0.2) is 78.9 Å². The van der Waals surface area contributed by atoms with E-state index in [-0.39, 0.29) is 39.2 Å². The number of fused-ring (bicyclic) bond motifs is 2. The zero-order chi connectivity index (χ0) is 36.8. The van der Waals surface area contributed by atoms with Crippen molar-refractivity contribution in [2.45, 2.75) is 38.9 Å². The van der Waals surface area contributed by atoms with E-state index < -0.39 is 40.7 Å². The topological polar surface area (TPSA) is 144 Å². The zero-order valence-corrected chi connectivity index (χ0v) is 27.9. The number of nitrogens with zero attached hydrogens (tertiary/aromatic N) is 2. The number of nitrogens with one attached hydrogen (secondary N) is 1. The minimum Gasteiger partial charge on any atom is -0.378 e. The maximum atomic E-state index is 13.8. The van der Waals surface area contributed by atoms with Gasteiger partial charge in [-0.3, -0.25) is 24.0 Å². The van der Waals surface area contributed by atoms with E-state index in [0.717, 1.165) is 9.80 Å².